The molecular weight excluding hydrogens is 190 g/mol. The first-order valence-corrected chi connectivity index (χ1v) is 5.48. The van der Waals surface area contributed by atoms with E-state index >= 15 is 0 Å². The second kappa shape index (κ2) is 3.59. The second-order valence-electron chi connectivity index (χ2n) is 4.31. The number of benzene rings is 1. The van der Waals surface area contributed by atoms with Crippen LogP contribution in [0.15, 0.2) is 30.3 Å². The third kappa shape index (κ3) is 1.78. The second-order valence-corrected chi connectivity index (χ2v) is 4.31. The minimum absolute atomic E-state index is 0.436. The van der Waals surface area contributed by atoms with Crippen LogP contribution in [0, 0.1) is 0 Å². The fourth-order valence-electron chi connectivity index (χ4n) is 2.25. The van der Waals surface area contributed by atoms with E-state index in [-0.39, 0.29) is 0 Å². The zero-order chi connectivity index (χ0) is 10.3. The van der Waals surface area contributed by atoms with Gasteiger partial charge in [0.1, 0.15) is 6.23 Å². The summed E-state index contributed by atoms with van der Waals surface area (Å²) in [4.78, 5) is 2.15. The summed E-state index contributed by atoms with van der Waals surface area (Å²) in [7, 11) is 0. The lowest BCUT2D eigenvalue weighted by atomic mass is 10.1. The van der Waals surface area contributed by atoms with E-state index in [0.29, 0.717) is 6.10 Å². The molecule has 1 aromatic rings. The molecule has 0 aliphatic carbocycles. The van der Waals surface area contributed by atoms with Gasteiger partial charge in [-0.1, -0.05) is 30.3 Å². The number of hydrogen-bond acceptors (Lipinski definition) is 2. The van der Waals surface area contributed by atoms with E-state index in [4.69, 9.17) is 0 Å². The number of morpholine rings is 1. The van der Waals surface area contributed by atoms with Crippen molar-refractivity contribution in [2.24, 2.45) is 0 Å². The Morgan fingerprint density at radius 3 is 2.87 bits per heavy atom. The number of hydrogen-bond donors (Lipinski definition) is 1. The average molecular weight is 206 g/mol. The highest BCUT2D eigenvalue weighted by Crippen LogP contribution is 2.31. The quantitative estimate of drug-likeness (QED) is 0.575. The molecule has 3 rings (SSSR count). The van der Waals surface area contributed by atoms with Gasteiger partial charge in [-0.2, -0.15) is 0 Å². The summed E-state index contributed by atoms with van der Waals surface area (Å²) in [5.74, 6) is 0. The van der Waals surface area contributed by atoms with Gasteiger partial charge in [-0.05, 0) is 5.56 Å². The van der Waals surface area contributed by atoms with Crippen molar-refractivity contribution in [3.05, 3.63) is 35.9 Å². The number of rotatable bonds is 2. The minimum atomic E-state index is -0.436. The van der Waals surface area contributed by atoms with Gasteiger partial charge in [0.15, 0.2) is 6.61 Å². The predicted molar refractivity (Wildman–Crippen MR) is 57.6 cm³/mol. The fraction of sp³-hybridized carbons (Fsp3) is 0.500. The van der Waals surface area contributed by atoms with Crippen LogP contribution in [0.1, 0.15) is 11.8 Å². The summed E-state index contributed by atoms with van der Waals surface area (Å²) < 4.78 is 3.19. The van der Waals surface area contributed by atoms with Gasteiger partial charge in [-0.25, -0.2) is 0 Å². The Kier molecular flexibility index (Phi) is 2.24. The molecule has 0 radical (unpaired) electrons. The molecular formula is C12H16NO2+. The molecule has 2 saturated heterocycles. The van der Waals surface area contributed by atoms with Gasteiger partial charge in [0.2, 0.25) is 12.7 Å². The third-order valence-electron chi connectivity index (χ3n) is 3.28. The van der Waals surface area contributed by atoms with Crippen molar-refractivity contribution in [2.75, 3.05) is 26.3 Å². The summed E-state index contributed by atoms with van der Waals surface area (Å²) in [6.45, 7) is 4.07. The molecule has 15 heavy (non-hydrogen) atoms. The first-order valence-electron chi connectivity index (χ1n) is 5.48. The number of epoxide rings is 1. The van der Waals surface area contributed by atoms with Crippen LogP contribution in [0.5, 0.6) is 0 Å². The molecule has 0 aromatic heterocycles. The zero-order valence-electron chi connectivity index (χ0n) is 8.67. The Hall–Kier alpha value is -0.900. The molecule has 0 amide bonds. The number of aliphatic hydroxyl groups is 1. The van der Waals surface area contributed by atoms with Gasteiger partial charge < -0.3 is 9.47 Å². The third-order valence-corrected chi connectivity index (χ3v) is 3.28. The Labute approximate surface area is 89.6 Å². The molecule has 1 aromatic carbocycles. The molecule has 0 saturated carbocycles. The van der Waals surface area contributed by atoms with E-state index in [1.165, 1.54) is 0 Å². The van der Waals surface area contributed by atoms with E-state index in [1.807, 2.05) is 30.3 Å². The lowest BCUT2D eigenvalue weighted by Gasteiger charge is -2.28. The highest BCUT2D eigenvalue weighted by Gasteiger charge is 2.49. The van der Waals surface area contributed by atoms with Crippen LogP contribution in [0.3, 0.4) is 0 Å². The van der Waals surface area contributed by atoms with Crippen LogP contribution in [-0.4, -0.2) is 42.4 Å². The maximum Gasteiger partial charge on any atom is 0.238 e. The largest absolute Gasteiger partial charge is 0.406 e. The van der Waals surface area contributed by atoms with Crippen LogP contribution in [0.2, 0.25) is 0 Å². The van der Waals surface area contributed by atoms with Crippen molar-refractivity contribution in [1.29, 1.82) is 0 Å². The van der Waals surface area contributed by atoms with Gasteiger partial charge in [0.05, 0.1) is 13.1 Å². The van der Waals surface area contributed by atoms with Crippen molar-refractivity contribution in [2.45, 2.75) is 12.3 Å². The predicted octanol–water partition coefficient (Wildman–Crippen LogP) is 0.928. The normalized spacial score (nSPS) is 28.5. The maximum absolute atomic E-state index is 10.2. The maximum atomic E-state index is 10.2. The van der Waals surface area contributed by atoms with Crippen LogP contribution < -0.4 is 0 Å². The highest BCUT2D eigenvalue weighted by atomic mass is 16.8. The summed E-state index contributed by atoms with van der Waals surface area (Å²) >= 11 is 0. The van der Waals surface area contributed by atoms with Gasteiger partial charge in [0.25, 0.3) is 0 Å². The molecule has 2 aliphatic heterocycles. The number of fused-ring (bicyclic) bond motifs is 1. The van der Waals surface area contributed by atoms with Crippen LogP contribution in [-0.2, 0) is 4.37 Å². The molecule has 3 nitrogen and oxygen atoms in total. The molecule has 1 N–H and O–H groups in total. The van der Waals surface area contributed by atoms with Crippen molar-refractivity contribution >= 4 is 0 Å². The van der Waals surface area contributed by atoms with Gasteiger partial charge in [0, 0.05) is 0 Å². The van der Waals surface area contributed by atoms with Crippen LogP contribution >= 0.6 is 0 Å². The Morgan fingerprint density at radius 1 is 1.33 bits per heavy atom. The van der Waals surface area contributed by atoms with Gasteiger partial charge >= 0.3 is 0 Å². The van der Waals surface area contributed by atoms with Crippen molar-refractivity contribution in [3.63, 3.8) is 0 Å². The topological polar surface area (TPSA) is 26.2 Å². The Balaban J connectivity index is 1.71. The molecule has 2 aliphatic rings. The fourth-order valence-corrected chi connectivity index (χ4v) is 2.25. The SMILES string of the molecule is OC(c1ccccc1)N1CC[O+]2C[C@@H]2C1. The summed E-state index contributed by atoms with van der Waals surface area (Å²) in [6.07, 6.45) is 0.187. The first kappa shape index (κ1) is 9.33. The molecule has 1 unspecified atom stereocenters. The van der Waals surface area contributed by atoms with E-state index in [2.05, 4.69) is 9.27 Å². The number of aliphatic hydroxyl groups excluding tert-OH is 1. The van der Waals surface area contributed by atoms with Gasteiger partial charge in [-0.15, -0.1) is 0 Å². The van der Waals surface area contributed by atoms with E-state index < -0.39 is 6.23 Å². The Morgan fingerprint density at radius 2 is 2.13 bits per heavy atom. The monoisotopic (exact) mass is 206 g/mol. The molecule has 2 fully saturated rings. The first-order chi connectivity index (χ1) is 7.34. The van der Waals surface area contributed by atoms with Crippen LogP contribution in [0.4, 0.5) is 0 Å². The molecule has 0 bridgehead atoms. The van der Waals surface area contributed by atoms with Crippen molar-refractivity contribution in [1.82, 2.24) is 4.90 Å². The standard InChI is InChI=1S/C12H16NO2/c14-12(10-4-2-1-3-5-10)13-6-7-15-9-11(15)8-13/h1-5,11-12,14H,6-9H2/q+1/t11-,12?/m0/s1. The zero-order valence-corrected chi connectivity index (χ0v) is 8.67. The number of nitrogens with zero attached hydrogens (tertiary/aromatic N) is 1. The minimum Gasteiger partial charge on any atom is -0.406 e. The van der Waals surface area contributed by atoms with Gasteiger partial charge in [-0.3, -0.25) is 4.90 Å². The van der Waals surface area contributed by atoms with E-state index in [9.17, 15) is 5.11 Å². The summed E-state index contributed by atoms with van der Waals surface area (Å²) in [5, 5.41) is 10.2. The van der Waals surface area contributed by atoms with E-state index in [1.54, 1.807) is 0 Å². The van der Waals surface area contributed by atoms with Crippen molar-refractivity contribution in [3.8, 4) is 0 Å². The highest BCUT2D eigenvalue weighted by molar-refractivity contribution is 5.17. The lowest BCUT2D eigenvalue weighted by Crippen LogP contribution is -2.39. The molecule has 2 atom stereocenters. The molecule has 0 spiro atoms. The smallest absolute Gasteiger partial charge is 0.238 e. The average Bonchev–Trinajstić information content (AvgIpc) is 3.07. The molecule has 2 heterocycles. The summed E-state index contributed by atoms with van der Waals surface area (Å²) in [5.41, 5.74) is 0.997. The molecule has 80 valence electrons. The van der Waals surface area contributed by atoms with Crippen molar-refractivity contribution < 1.29 is 9.47 Å². The van der Waals surface area contributed by atoms with Crippen LogP contribution in [0.25, 0.3) is 0 Å². The van der Waals surface area contributed by atoms with E-state index in [0.717, 1.165) is 31.9 Å². The summed E-state index contributed by atoms with van der Waals surface area (Å²) in [6, 6.07) is 9.89. The lowest BCUT2D eigenvalue weighted by molar-refractivity contribution is -0.0795. The Bertz CT molecular complexity index is 341. The molecule has 3 heteroatoms.